The minimum Gasteiger partial charge on any atom is -0.494 e. The lowest BCUT2D eigenvalue weighted by atomic mass is 10.0. The van der Waals surface area contributed by atoms with E-state index in [9.17, 15) is 8.78 Å². The van der Waals surface area contributed by atoms with Crippen LogP contribution in [0.1, 0.15) is 51.4 Å². The zero-order valence-electron chi connectivity index (χ0n) is 17.4. The Labute approximate surface area is 177 Å². The SMILES string of the molecule is OCCCCCCOc1ccc(-c2cc(F)c(OCCCCCCO)c(F)c2)cc1. The molecule has 30 heavy (non-hydrogen) atoms. The van der Waals surface area contributed by atoms with E-state index in [2.05, 4.69) is 0 Å². The van der Waals surface area contributed by atoms with Gasteiger partial charge in [0.2, 0.25) is 0 Å². The molecule has 2 aromatic carbocycles. The van der Waals surface area contributed by atoms with Crippen LogP contribution in [0.4, 0.5) is 8.78 Å². The van der Waals surface area contributed by atoms with Crippen molar-refractivity contribution in [2.45, 2.75) is 51.4 Å². The lowest BCUT2D eigenvalue weighted by Crippen LogP contribution is -2.02. The summed E-state index contributed by atoms with van der Waals surface area (Å²) in [5.41, 5.74) is 1.13. The molecule has 166 valence electrons. The van der Waals surface area contributed by atoms with Gasteiger partial charge in [0.05, 0.1) is 13.2 Å². The van der Waals surface area contributed by atoms with E-state index in [-0.39, 0.29) is 25.6 Å². The van der Waals surface area contributed by atoms with Crippen molar-refractivity contribution in [1.29, 1.82) is 0 Å². The standard InChI is InChI=1S/C24H32F2O4/c25-22-17-20(18-23(26)24(22)30-16-8-4-2-6-14-28)19-9-11-21(12-10-19)29-15-7-3-1-5-13-27/h9-12,17-18,27-28H,1-8,13-16H2. The Balaban J connectivity index is 1.86. The fourth-order valence-corrected chi connectivity index (χ4v) is 3.11. The summed E-state index contributed by atoms with van der Waals surface area (Å²) < 4.78 is 39.7. The van der Waals surface area contributed by atoms with Crippen LogP contribution in [0.3, 0.4) is 0 Å². The van der Waals surface area contributed by atoms with Gasteiger partial charge in [-0.2, -0.15) is 0 Å². The molecule has 0 bridgehead atoms. The number of hydrogen-bond acceptors (Lipinski definition) is 4. The Bertz CT molecular complexity index is 711. The number of benzene rings is 2. The highest BCUT2D eigenvalue weighted by molar-refractivity contribution is 5.65. The van der Waals surface area contributed by atoms with Gasteiger partial charge in [0, 0.05) is 13.2 Å². The third kappa shape index (κ3) is 8.28. The summed E-state index contributed by atoms with van der Waals surface area (Å²) >= 11 is 0. The maximum Gasteiger partial charge on any atom is 0.190 e. The molecule has 0 spiro atoms. The zero-order valence-corrected chi connectivity index (χ0v) is 17.4. The van der Waals surface area contributed by atoms with Crippen LogP contribution in [0, 0.1) is 11.6 Å². The maximum atomic E-state index is 14.4. The van der Waals surface area contributed by atoms with Crippen molar-refractivity contribution >= 4 is 0 Å². The number of ether oxygens (including phenoxy) is 2. The van der Waals surface area contributed by atoms with E-state index in [1.54, 1.807) is 24.3 Å². The Kier molecular flexibility index (Phi) is 11.2. The normalized spacial score (nSPS) is 10.9. The minimum absolute atomic E-state index is 0.157. The highest BCUT2D eigenvalue weighted by atomic mass is 19.1. The molecule has 6 heteroatoms. The van der Waals surface area contributed by atoms with E-state index in [0.29, 0.717) is 29.9 Å². The van der Waals surface area contributed by atoms with Crippen LogP contribution < -0.4 is 9.47 Å². The summed E-state index contributed by atoms with van der Waals surface area (Å²) in [6.45, 7) is 1.22. The lowest BCUT2D eigenvalue weighted by Gasteiger charge is -2.11. The Morgan fingerprint density at radius 1 is 0.600 bits per heavy atom. The summed E-state index contributed by atoms with van der Waals surface area (Å²) in [5.74, 6) is -1.07. The largest absolute Gasteiger partial charge is 0.494 e. The molecule has 0 aliphatic heterocycles. The molecule has 0 fully saturated rings. The average Bonchev–Trinajstić information content (AvgIpc) is 2.75. The van der Waals surface area contributed by atoms with E-state index < -0.39 is 11.6 Å². The van der Waals surface area contributed by atoms with Crippen LogP contribution in [0.25, 0.3) is 11.1 Å². The average molecular weight is 423 g/mol. The summed E-state index contributed by atoms with van der Waals surface area (Å²) in [5, 5.41) is 17.5. The number of halogens is 2. The predicted molar refractivity (Wildman–Crippen MR) is 114 cm³/mol. The van der Waals surface area contributed by atoms with Gasteiger partial charge in [-0.1, -0.05) is 25.0 Å². The first-order chi connectivity index (χ1) is 14.7. The van der Waals surface area contributed by atoms with Gasteiger partial charge < -0.3 is 19.7 Å². The van der Waals surface area contributed by atoms with Crippen LogP contribution >= 0.6 is 0 Å². The Hall–Kier alpha value is -2.18. The van der Waals surface area contributed by atoms with Crippen molar-refractivity contribution in [2.75, 3.05) is 26.4 Å². The topological polar surface area (TPSA) is 58.9 Å². The first kappa shape index (κ1) is 24.1. The first-order valence-electron chi connectivity index (χ1n) is 10.7. The van der Waals surface area contributed by atoms with Gasteiger partial charge in [-0.15, -0.1) is 0 Å². The number of aliphatic hydroxyl groups is 2. The third-order valence-corrected chi connectivity index (χ3v) is 4.81. The van der Waals surface area contributed by atoms with Crippen LogP contribution in [0.15, 0.2) is 36.4 Å². The molecule has 0 saturated heterocycles. The van der Waals surface area contributed by atoms with Gasteiger partial charge in [0.1, 0.15) is 5.75 Å². The van der Waals surface area contributed by atoms with Crippen molar-refractivity contribution in [3.8, 4) is 22.6 Å². The van der Waals surface area contributed by atoms with Gasteiger partial charge >= 0.3 is 0 Å². The highest BCUT2D eigenvalue weighted by Gasteiger charge is 2.14. The molecule has 0 unspecified atom stereocenters. The second kappa shape index (κ2) is 13.9. The maximum absolute atomic E-state index is 14.4. The molecule has 2 N–H and O–H groups in total. The number of hydrogen-bond donors (Lipinski definition) is 2. The molecule has 0 aliphatic carbocycles. The van der Waals surface area contributed by atoms with Crippen LogP contribution in [0.5, 0.6) is 11.5 Å². The molecule has 0 saturated carbocycles. The predicted octanol–water partition coefficient (Wildman–Crippen LogP) is 5.49. The molecular formula is C24H32F2O4. The second-order valence-electron chi connectivity index (χ2n) is 7.27. The van der Waals surface area contributed by atoms with Crippen molar-refractivity contribution in [3.05, 3.63) is 48.0 Å². The fraction of sp³-hybridized carbons (Fsp3) is 0.500. The zero-order chi connectivity index (χ0) is 21.6. The minimum atomic E-state index is -0.719. The van der Waals surface area contributed by atoms with Crippen LogP contribution in [-0.4, -0.2) is 36.6 Å². The number of aliphatic hydroxyl groups excluding tert-OH is 2. The van der Waals surface area contributed by atoms with Crippen molar-refractivity contribution in [3.63, 3.8) is 0 Å². The molecule has 0 radical (unpaired) electrons. The molecule has 0 aromatic heterocycles. The highest BCUT2D eigenvalue weighted by Crippen LogP contribution is 2.30. The van der Waals surface area contributed by atoms with E-state index in [0.717, 1.165) is 44.9 Å². The summed E-state index contributed by atoms with van der Waals surface area (Å²) in [4.78, 5) is 0. The summed E-state index contributed by atoms with van der Waals surface area (Å²) in [6, 6.07) is 9.68. The lowest BCUT2D eigenvalue weighted by molar-refractivity contribution is 0.263. The Morgan fingerprint density at radius 2 is 1.10 bits per heavy atom. The van der Waals surface area contributed by atoms with E-state index in [1.165, 1.54) is 12.1 Å². The number of rotatable bonds is 15. The molecule has 0 heterocycles. The molecule has 0 amide bonds. The molecule has 2 rings (SSSR count). The smallest absolute Gasteiger partial charge is 0.190 e. The molecule has 0 aliphatic rings. The van der Waals surface area contributed by atoms with Gasteiger partial charge in [-0.3, -0.25) is 0 Å². The number of unbranched alkanes of at least 4 members (excludes halogenated alkanes) is 6. The van der Waals surface area contributed by atoms with Crippen molar-refractivity contribution in [1.82, 2.24) is 0 Å². The van der Waals surface area contributed by atoms with Gasteiger partial charge in [-0.25, -0.2) is 8.78 Å². The van der Waals surface area contributed by atoms with E-state index in [1.807, 2.05) is 0 Å². The van der Waals surface area contributed by atoms with Gasteiger partial charge in [-0.05, 0) is 73.9 Å². The molecule has 2 aromatic rings. The first-order valence-corrected chi connectivity index (χ1v) is 10.7. The van der Waals surface area contributed by atoms with Gasteiger partial charge in [0.25, 0.3) is 0 Å². The van der Waals surface area contributed by atoms with Crippen molar-refractivity contribution in [2.24, 2.45) is 0 Å². The van der Waals surface area contributed by atoms with Crippen LogP contribution in [0.2, 0.25) is 0 Å². The van der Waals surface area contributed by atoms with E-state index in [4.69, 9.17) is 19.7 Å². The monoisotopic (exact) mass is 422 g/mol. The molecular weight excluding hydrogens is 390 g/mol. The summed E-state index contributed by atoms with van der Waals surface area (Å²) in [6.07, 6.45) is 6.85. The quantitative estimate of drug-likeness (QED) is 0.372. The molecule has 0 atom stereocenters. The van der Waals surface area contributed by atoms with Gasteiger partial charge in [0.15, 0.2) is 17.4 Å². The second-order valence-corrected chi connectivity index (χ2v) is 7.27. The Morgan fingerprint density at radius 3 is 1.63 bits per heavy atom. The fourth-order valence-electron chi connectivity index (χ4n) is 3.11. The third-order valence-electron chi connectivity index (χ3n) is 4.81. The van der Waals surface area contributed by atoms with Crippen LogP contribution in [-0.2, 0) is 0 Å². The summed E-state index contributed by atoms with van der Waals surface area (Å²) in [7, 11) is 0. The van der Waals surface area contributed by atoms with Crippen molar-refractivity contribution < 1.29 is 28.5 Å². The van der Waals surface area contributed by atoms with E-state index >= 15 is 0 Å². The molecule has 4 nitrogen and oxygen atoms in total.